The lowest BCUT2D eigenvalue weighted by atomic mass is 10.1. The average Bonchev–Trinajstić information content (AvgIpc) is 3.40. The topological polar surface area (TPSA) is 65.5 Å². The smallest absolute Gasteiger partial charge is 0.231 e. The first-order chi connectivity index (χ1) is 13.3. The summed E-state index contributed by atoms with van der Waals surface area (Å²) in [6, 6.07) is 11.8. The first-order valence-electron chi connectivity index (χ1n) is 8.44. The summed E-state index contributed by atoms with van der Waals surface area (Å²) in [6.07, 6.45) is 0. The van der Waals surface area contributed by atoms with Crippen molar-refractivity contribution >= 4 is 43.2 Å². The summed E-state index contributed by atoms with van der Waals surface area (Å²) in [6.45, 7) is 2.90. The molecule has 0 atom stereocenters. The molecular formula is C19H15N3O3S2. The van der Waals surface area contributed by atoms with Gasteiger partial charge in [0, 0.05) is 10.9 Å². The lowest BCUT2D eigenvalue weighted by Gasteiger charge is -2.00. The molecule has 0 bridgehead atoms. The monoisotopic (exact) mass is 397 g/mol. The summed E-state index contributed by atoms with van der Waals surface area (Å²) >= 11 is 3.12. The molecule has 27 heavy (non-hydrogen) atoms. The number of fused-ring (bicyclic) bond motifs is 2. The van der Waals surface area contributed by atoms with Gasteiger partial charge in [0.15, 0.2) is 21.8 Å². The fourth-order valence-electron chi connectivity index (χ4n) is 2.83. The summed E-state index contributed by atoms with van der Waals surface area (Å²) in [7, 11) is 0. The second-order valence-corrected chi connectivity index (χ2v) is 7.70. The fourth-order valence-corrected chi connectivity index (χ4v) is 4.50. The van der Waals surface area contributed by atoms with E-state index in [1.165, 1.54) is 0 Å². The minimum absolute atomic E-state index is 0.269. The van der Waals surface area contributed by atoms with Crippen molar-refractivity contribution in [3.8, 4) is 28.5 Å². The predicted molar refractivity (Wildman–Crippen MR) is 108 cm³/mol. The third-order valence-electron chi connectivity index (χ3n) is 4.06. The van der Waals surface area contributed by atoms with E-state index in [0.29, 0.717) is 6.61 Å². The van der Waals surface area contributed by atoms with Gasteiger partial charge in [-0.25, -0.2) is 9.97 Å². The largest absolute Gasteiger partial charge is 0.494 e. The van der Waals surface area contributed by atoms with Crippen molar-refractivity contribution in [2.75, 3.05) is 18.7 Å². The van der Waals surface area contributed by atoms with Crippen LogP contribution in [0.1, 0.15) is 6.92 Å². The van der Waals surface area contributed by atoms with Crippen LogP contribution in [0.4, 0.5) is 10.3 Å². The number of thiazole rings is 2. The van der Waals surface area contributed by atoms with Crippen molar-refractivity contribution in [2.24, 2.45) is 0 Å². The molecule has 0 radical (unpaired) electrons. The molecule has 136 valence electrons. The van der Waals surface area contributed by atoms with E-state index < -0.39 is 0 Å². The molecule has 0 saturated heterocycles. The van der Waals surface area contributed by atoms with Crippen LogP contribution in [-0.4, -0.2) is 23.4 Å². The zero-order chi connectivity index (χ0) is 18.2. The highest BCUT2D eigenvalue weighted by molar-refractivity contribution is 7.22. The number of hydrogen-bond donors (Lipinski definition) is 1. The van der Waals surface area contributed by atoms with Gasteiger partial charge in [0.2, 0.25) is 6.79 Å². The summed E-state index contributed by atoms with van der Waals surface area (Å²) < 4.78 is 17.4. The summed E-state index contributed by atoms with van der Waals surface area (Å²) in [4.78, 5) is 9.29. The molecule has 4 aromatic rings. The van der Waals surface area contributed by atoms with Crippen molar-refractivity contribution in [1.82, 2.24) is 9.97 Å². The normalized spacial score (nSPS) is 12.5. The molecule has 2 aromatic carbocycles. The van der Waals surface area contributed by atoms with Gasteiger partial charge in [0.25, 0.3) is 0 Å². The van der Waals surface area contributed by atoms with E-state index >= 15 is 0 Å². The van der Waals surface area contributed by atoms with Crippen LogP contribution in [0.5, 0.6) is 17.2 Å². The Morgan fingerprint density at radius 3 is 2.93 bits per heavy atom. The van der Waals surface area contributed by atoms with E-state index in [9.17, 15) is 0 Å². The number of ether oxygens (including phenoxy) is 3. The standard InChI is InChI=1S/C19H15N3O3S2/c1-2-23-12-4-5-13-17(8-12)27-19(20-13)22-18-21-14(9-26-18)11-3-6-15-16(7-11)25-10-24-15/h3-9H,2,10H2,1H3,(H,20,21,22). The highest BCUT2D eigenvalue weighted by atomic mass is 32.1. The van der Waals surface area contributed by atoms with Crippen LogP contribution in [0.25, 0.3) is 21.5 Å². The van der Waals surface area contributed by atoms with Crippen LogP contribution < -0.4 is 19.5 Å². The molecule has 0 unspecified atom stereocenters. The molecule has 3 heterocycles. The van der Waals surface area contributed by atoms with Gasteiger partial charge in [-0.05, 0) is 43.3 Å². The van der Waals surface area contributed by atoms with E-state index in [4.69, 9.17) is 14.2 Å². The number of hydrogen-bond acceptors (Lipinski definition) is 8. The van der Waals surface area contributed by atoms with E-state index in [0.717, 1.165) is 49.0 Å². The average molecular weight is 397 g/mol. The van der Waals surface area contributed by atoms with Crippen molar-refractivity contribution in [1.29, 1.82) is 0 Å². The van der Waals surface area contributed by atoms with Crippen LogP contribution >= 0.6 is 22.7 Å². The zero-order valence-electron chi connectivity index (χ0n) is 14.4. The van der Waals surface area contributed by atoms with Gasteiger partial charge in [-0.1, -0.05) is 11.3 Å². The van der Waals surface area contributed by atoms with Crippen LogP contribution in [0.15, 0.2) is 41.8 Å². The lowest BCUT2D eigenvalue weighted by Crippen LogP contribution is -1.92. The Labute approximate surface area is 163 Å². The van der Waals surface area contributed by atoms with Crippen LogP contribution in [0.2, 0.25) is 0 Å². The Balaban J connectivity index is 1.38. The second-order valence-electron chi connectivity index (χ2n) is 5.81. The Bertz CT molecular complexity index is 1120. The number of aromatic nitrogens is 2. The molecule has 2 aromatic heterocycles. The third kappa shape index (κ3) is 3.17. The SMILES string of the molecule is CCOc1ccc2nc(Nc3nc(-c4ccc5c(c4)OCO5)cs3)sc2c1. The third-order valence-corrected chi connectivity index (χ3v) is 5.75. The van der Waals surface area contributed by atoms with Crippen molar-refractivity contribution in [3.05, 3.63) is 41.8 Å². The number of anilines is 2. The van der Waals surface area contributed by atoms with E-state index in [-0.39, 0.29) is 6.79 Å². The maximum absolute atomic E-state index is 5.55. The van der Waals surface area contributed by atoms with Crippen molar-refractivity contribution < 1.29 is 14.2 Å². The molecular weight excluding hydrogens is 382 g/mol. The number of rotatable bonds is 5. The van der Waals surface area contributed by atoms with Crippen LogP contribution in [-0.2, 0) is 0 Å². The minimum Gasteiger partial charge on any atom is -0.494 e. The highest BCUT2D eigenvalue weighted by Gasteiger charge is 2.15. The molecule has 0 fully saturated rings. The molecule has 1 N–H and O–H groups in total. The Kier molecular flexibility index (Phi) is 4.06. The Morgan fingerprint density at radius 1 is 1.07 bits per heavy atom. The number of nitrogens with one attached hydrogen (secondary N) is 1. The molecule has 0 aliphatic carbocycles. The summed E-state index contributed by atoms with van der Waals surface area (Å²) in [5.41, 5.74) is 2.83. The van der Waals surface area contributed by atoms with E-state index in [2.05, 4.69) is 15.3 Å². The number of nitrogens with zero attached hydrogens (tertiary/aromatic N) is 2. The first kappa shape index (κ1) is 16.3. The zero-order valence-corrected chi connectivity index (χ0v) is 16.0. The van der Waals surface area contributed by atoms with Gasteiger partial charge in [-0.15, -0.1) is 11.3 Å². The molecule has 0 spiro atoms. The van der Waals surface area contributed by atoms with Gasteiger partial charge in [0.1, 0.15) is 5.75 Å². The van der Waals surface area contributed by atoms with Gasteiger partial charge in [-0.2, -0.15) is 0 Å². The molecule has 6 nitrogen and oxygen atoms in total. The Hall–Kier alpha value is -2.84. The maximum Gasteiger partial charge on any atom is 0.231 e. The van der Waals surface area contributed by atoms with Crippen molar-refractivity contribution in [2.45, 2.75) is 6.92 Å². The van der Waals surface area contributed by atoms with Gasteiger partial charge < -0.3 is 19.5 Å². The first-order valence-corrected chi connectivity index (χ1v) is 10.1. The molecule has 0 amide bonds. The molecule has 8 heteroatoms. The predicted octanol–water partition coefficient (Wildman–Crippen LogP) is 5.29. The molecule has 0 saturated carbocycles. The second kappa shape index (κ2) is 6.71. The summed E-state index contributed by atoms with van der Waals surface area (Å²) in [5.74, 6) is 2.39. The van der Waals surface area contributed by atoms with Crippen LogP contribution in [0, 0.1) is 0 Å². The van der Waals surface area contributed by atoms with E-state index in [1.807, 2.05) is 48.7 Å². The highest BCUT2D eigenvalue weighted by Crippen LogP contribution is 2.37. The van der Waals surface area contributed by atoms with Gasteiger partial charge >= 0.3 is 0 Å². The fraction of sp³-hybridized carbons (Fsp3) is 0.158. The number of benzene rings is 2. The molecule has 5 rings (SSSR count). The van der Waals surface area contributed by atoms with Crippen LogP contribution in [0.3, 0.4) is 0 Å². The lowest BCUT2D eigenvalue weighted by molar-refractivity contribution is 0.174. The van der Waals surface area contributed by atoms with Crippen molar-refractivity contribution in [3.63, 3.8) is 0 Å². The van der Waals surface area contributed by atoms with Gasteiger partial charge in [0.05, 0.1) is 22.5 Å². The quantitative estimate of drug-likeness (QED) is 0.494. The maximum atomic E-state index is 5.55. The van der Waals surface area contributed by atoms with E-state index in [1.54, 1.807) is 22.7 Å². The molecule has 1 aliphatic heterocycles. The van der Waals surface area contributed by atoms with Gasteiger partial charge in [-0.3, -0.25) is 0 Å². The molecule has 1 aliphatic rings. The Morgan fingerprint density at radius 2 is 2.00 bits per heavy atom. The minimum atomic E-state index is 0.269. The summed E-state index contributed by atoms with van der Waals surface area (Å²) in [5, 5.41) is 6.93.